The van der Waals surface area contributed by atoms with E-state index in [1.807, 2.05) is 0 Å². The highest BCUT2D eigenvalue weighted by molar-refractivity contribution is 4.71. The van der Waals surface area contributed by atoms with Crippen molar-refractivity contribution in [3.05, 3.63) is 0 Å². The Morgan fingerprint density at radius 3 is 0.923 bits per heavy atom. The molecule has 0 aliphatic rings. The molecule has 0 saturated heterocycles. The molecule has 0 bridgehead atoms. The van der Waals surface area contributed by atoms with Crippen LogP contribution in [0.3, 0.4) is 0 Å². The molecule has 0 radical (unpaired) electrons. The molecule has 0 aliphatic carbocycles. The van der Waals surface area contributed by atoms with Crippen molar-refractivity contribution in [2.24, 2.45) is 11.8 Å². The second-order valence-corrected chi connectivity index (χ2v) is 8.92. The molecule has 0 aliphatic heterocycles. The second-order valence-electron chi connectivity index (χ2n) is 8.92. The predicted molar refractivity (Wildman–Crippen MR) is 122 cm³/mol. The maximum Gasteiger partial charge on any atom is -0.0386 e. The van der Waals surface area contributed by atoms with Crippen LogP contribution in [0.25, 0.3) is 0 Å². The first-order valence-corrected chi connectivity index (χ1v) is 12.8. The van der Waals surface area contributed by atoms with Gasteiger partial charge in [0, 0.05) is 0 Å². The van der Waals surface area contributed by atoms with Gasteiger partial charge in [0.15, 0.2) is 0 Å². The minimum Gasteiger partial charge on any atom is -0.0654 e. The Hall–Kier alpha value is 0. The molecular formula is C26H54. The lowest BCUT2D eigenvalue weighted by molar-refractivity contribution is 0.241. The monoisotopic (exact) mass is 366 g/mol. The summed E-state index contributed by atoms with van der Waals surface area (Å²) in [7, 11) is 0. The summed E-state index contributed by atoms with van der Waals surface area (Å²) in [6.07, 6.45) is 29.2. The van der Waals surface area contributed by atoms with Gasteiger partial charge in [0.05, 0.1) is 0 Å². The smallest absolute Gasteiger partial charge is 0.0386 e. The minimum absolute atomic E-state index is 1.03. The molecule has 26 heavy (non-hydrogen) atoms. The second kappa shape index (κ2) is 21.3. The molecule has 0 aromatic carbocycles. The Morgan fingerprint density at radius 2 is 0.577 bits per heavy atom. The van der Waals surface area contributed by atoms with Gasteiger partial charge in [0.2, 0.25) is 0 Å². The molecule has 0 spiro atoms. The van der Waals surface area contributed by atoms with Crippen LogP contribution in [-0.4, -0.2) is 0 Å². The van der Waals surface area contributed by atoms with E-state index < -0.39 is 0 Å². The molecule has 0 saturated carbocycles. The molecule has 0 heterocycles. The molecule has 0 aromatic rings. The molecule has 0 amide bonds. The van der Waals surface area contributed by atoms with Crippen LogP contribution in [0.5, 0.6) is 0 Å². The van der Waals surface area contributed by atoms with Gasteiger partial charge in [-0.05, 0) is 11.8 Å². The normalized spacial score (nSPS) is 12.8. The third-order valence-electron chi connectivity index (χ3n) is 6.38. The summed E-state index contributed by atoms with van der Waals surface area (Å²) in [4.78, 5) is 0. The summed E-state index contributed by atoms with van der Waals surface area (Å²) in [5.74, 6) is 2.06. The fourth-order valence-electron chi connectivity index (χ4n) is 4.52. The van der Waals surface area contributed by atoms with Crippen molar-refractivity contribution in [1.82, 2.24) is 0 Å². The van der Waals surface area contributed by atoms with Crippen molar-refractivity contribution in [2.45, 2.75) is 156 Å². The molecule has 158 valence electrons. The van der Waals surface area contributed by atoms with E-state index in [9.17, 15) is 0 Å². The van der Waals surface area contributed by atoms with E-state index in [4.69, 9.17) is 0 Å². The summed E-state index contributed by atoms with van der Waals surface area (Å²) in [6, 6.07) is 0. The third-order valence-corrected chi connectivity index (χ3v) is 6.38. The van der Waals surface area contributed by atoms with Gasteiger partial charge in [-0.2, -0.15) is 0 Å². The zero-order chi connectivity index (χ0) is 19.3. The van der Waals surface area contributed by atoms with Gasteiger partial charge in [-0.15, -0.1) is 0 Å². The first-order chi connectivity index (χ1) is 12.8. The van der Waals surface area contributed by atoms with Crippen LogP contribution < -0.4 is 0 Å². The maximum atomic E-state index is 2.37. The van der Waals surface area contributed by atoms with Crippen molar-refractivity contribution in [2.75, 3.05) is 0 Å². The van der Waals surface area contributed by atoms with Crippen molar-refractivity contribution in [1.29, 1.82) is 0 Å². The molecule has 1 atom stereocenters. The van der Waals surface area contributed by atoms with Crippen LogP contribution in [0.15, 0.2) is 0 Å². The average Bonchev–Trinajstić information content (AvgIpc) is 2.66. The van der Waals surface area contributed by atoms with E-state index in [1.165, 1.54) is 128 Å². The predicted octanol–water partition coefficient (Wildman–Crippen LogP) is 10.1. The van der Waals surface area contributed by atoms with Crippen molar-refractivity contribution in [3.63, 3.8) is 0 Å². The van der Waals surface area contributed by atoms with Gasteiger partial charge in [-0.25, -0.2) is 0 Å². The van der Waals surface area contributed by atoms with Crippen LogP contribution in [0.2, 0.25) is 0 Å². The average molecular weight is 367 g/mol. The Labute approximate surface area is 168 Å². The highest BCUT2D eigenvalue weighted by Crippen LogP contribution is 2.32. The lowest BCUT2D eigenvalue weighted by Crippen LogP contribution is -2.16. The van der Waals surface area contributed by atoms with Crippen LogP contribution in [0.1, 0.15) is 156 Å². The van der Waals surface area contributed by atoms with E-state index in [1.54, 1.807) is 0 Å². The standard InChI is InChI=1S/C26H54/c1-5-9-13-14-15-16-17-18-19-20-24-26(23-12-8-4)25(21-10-6-2)22-11-7-3/h25-26H,5-24H2,1-4H3. The lowest BCUT2D eigenvalue weighted by Gasteiger charge is -2.27. The summed E-state index contributed by atoms with van der Waals surface area (Å²) < 4.78 is 0. The van der Waals surface area contributed by atoms with Crippen LogP contribution in [-0.2, 0) is 0 Å². The Morgan fingerprint density at radius 1 is 0.308 bits per heavy atom. The topological polar surface area (TPSA) is 0 Å². The van der Waals surface area contributed by atoms with Crippen molar-refractivity contribution >= 4 is 0 Å². The fraction of sp³-hybridized carbons (Fsp3) is 1.00. The molecule has 0 nitrogen and oxygen atoms in total. The fourth-order valence-corrected chi connectivity index (χ4v) is 4.52. The van der Waals surface area contributed by atoms with E-state index in [0.717, 1.165) is 11.8 Å². The summed E-state index contributed by atoms with van der Waals surface area (Å²) in [5, 5.41) is 0. The Balaban J connectivity index is 3.98. The summed E-state index contributed by atoms with van der Waals surface area (Å²) in [5.41, 5.74) is 0. The molecule has 0 aromatic heterocycles. The van der Waals surface area contributed by atoms with Crippen molar-refractivity contribution in [3.8, 4) is 0 Å². The van der Waals surface area contributed by atoms with E-state index >= 15 is 0 Å². The largest absolute Gasteiger partial charge is 0.0654 e. The molecule has 0 heteroatoms. The highest BCUT2D eigenvalue weighted by Gasteiger charge is 2.19. The van der Waals surface area contributed by atoms with E-state index in [0.29, 0.717) is 0 Å². The van der Waals surface area contributed by atoms with Crippen LogP contribution in [0, 0.1) is 11.8 Å². The highest BCUT2D eigenvalue weighted by atomic mass is 14.3. The number of hydrogen-bond acceptors (Lipinski definition) is 0. The SMILES string of the molecule is CCCCCCCCCCCCC(CCCC)C(CCCC)CCCC. The van der Waals surface area contributed by atoms with E-state index in [2.05, 4.69) is 27.7 Å². The Kier molecular flexibility index (Phi) is 21.3. The van der Waals surface area contributed by atoms with Gasteiger partial charge in [-0.1, -0.05) is 156 Å². The lowest BCUT2D eigenvalue weighted by atomic mass is 9.78. The molecule has 0 N–H and O–H groups in total. The van der Waals surface area contributed by atoms with Crippen LogP contribution >= 0.6 is 0 Å². The number of unbranched alkanes of at least 4 members (excludes halogenated alkanes) is 12. The Bertz CT molecular complexity index is 236. The maximum absolute atomic E-state index is 2.37. The first kappa shape index (κ1) is 26.0. The number of rotatable bonds is 21. The van der Waals surface area contributed by atoms with Gasteiger partial charge < -0.3 is 0 Å². The van der Waals surface area contributed by atoms with Crippen LogP contribution in [0.4, 0.5) is 0 Å². The zero-order valence-electron chi connectivity index (χ0n) is 19.3. The minimum atomic E-state index is 1.03. The third kappa shape index (κ3) is 16.2. The van der Waals surface area contributed by atoms with Gasteiger partial charge in [-0.3, -0.25) is 0 Å². The number of hydrogen-bond donors (Lipinski definition) is 0. The van der Waals surface area contributed by atoms with Crippen molar-refractivity contribution < 1.29 is 0 Å². The summed E-state index contributed by atoms with van der Waals surface area (Å²) in [6.45, 7) is 9.40. The summed E-state index contributed by atoms with van der Waals surface area (Å²) >= 11 is 0. The molecule has 0 fully saturated rings. The van der Waals surface area contributed by atoms with Gasteiger partial charge >= 0.3 is 0 Å². The van der Waals surface area contributed by atoms with E-state index in [-0.39, 0.29) is 0 Å². The first-order valence-electron chi connectivity index (χ1n) is 12.8. The molecular weight excluding hydrogens is 312 g/mol. The van der Waals surface area contributed by atoms with Gasteiger partial charge in [0.25, 0.3) is 0 Å². The molecule has 0 rings (SSSR count). The quantitative estimate of drug-likeness (QED) is 0.177. The zero-order valence-corrected chi connectivity index (χ0v) is 19.3. The molecule has 1 unspecified atom stereocenters. The van der Waals surface area contributed by atoms with Gasteiger partial charge in [0.1, 0.15) is 0 Å².